The van der Waals surface area contributed by atoms with Crippen LogP contribution in [-0.2, 0) is 12.8 Å². The Morgan fingerprint density at radius 3 is 2.52 bits per heavy atom. The summed E-state index contributed by atoms with van der Waals surface area (Å²) < 4.78 is 18.5. The van der Waals surface area contributed by atoms with Crippen molar-refractivity contribution >= 4 is 41.5 Å². The number of hydrogen-bond acceptors (Lipinski definition) is 4. The molecule has 2 N–H and O–H groups in total. The van der Waals surface area contributed by atoms with Gasteiger partial charge < -0.3 is 15.2 Å². The zero-order valence-corrected chi connectivity index (χ0v) is 18.9. The van der Waals surface area contributed by atoms with Crippen LogP contribution in [0.4, 0.5) is 4.39 Å². The van der Waals surface area contributed by atoms with Crippen LogP contribution in [0.2, 0.25) is 5.02 Å². The van der Waals surface area contributed by atoms with Crippen LogP contribution in [0.5, 0.6) is 0 Å². The van der Waals surface area contributed by atoms with Crippen molar-refractivity contribution in [3.05, 3.63) is 70.8 Å². The Hall–Kier alpha value is -2.20. The Kier molecular flexibility index (Phi) is 9.33. The molecule has 3 aromatic rings. The lowest BCUT2D eigenvalue weighted by Crippen LogP contribution is -2.39. The van der Waals surface area contributed by atoms with Gasteiger partial charge in [0.1, 0.15) is 5.82 Å². The highest BCUT2D eigenvalue weighted by Gasteiger charge is 2.08. The topological polar surface area (TPSA) is 75.3 Å². The summed E-state index contributed by atoms with van der Waals surface area (Å²) >= 11 is 5.89. The second kappa shape index (κ2) is 11.7. The van der Waals surface area contributed by atoms with E-state index in [0.29, 0.717) is 48.6 Å². The van der Waals surface area contributed by atoms with Gasteiger partial charge in [0.2, 0.25) is 11.7 Å². The minimum atomic E-state index is -0.225. The standard InChI is InChI=1S/C20H21ClFN5O.HI/c1-23-20(24-11-9-14-3-2-4-17(22)13-14)25-12-10-18-26-19(27-28-18)15-5-7-16(21)8-6-15;/h2-8,13H,9-12H2,1H3,(H2,23,24,25);1H. The van der Waals surface area contributed by atoms with Gasteiger partial charge in [0.05, 0.1) is 0 Å². The molecule has 0 saturated heterocycles. The Morgan fingerprint density at radius 1 is 1.10 bits per heavy atom. The monoisotopic (exact) mass is 529 g/mol. The second-order valence-electron chi connectivity index (χ2n) is 6.07. The van der Waals surface area contributed by atoms with Crippen LogP contribution in [0, 0.1) is 5.82 Å². The highest BCUT2D eigenvalue weighted by Crippen LogP contribution is 2.18. The Bertz CT molecular complexity index is 933. The molecular formula is C20H22ClFIN5O. The van der Waals surface area contributed by atoms with E-state index in [4.69, 9.17) is 16.1 Å². The predicted octanol–water partition coefficient (Wildman–Crippen LogP) is 4.10. The van der Waals surface area contributed by atoms with Crippen LogP contribution in [0.3, 0.4) is 0 Å². The molecular weight excluding hydrogens is 508 g/mol. The van der Waals surface area contributed by atoms with E-state index in [9.17, 15) is 4.39 Å². The van der Waals surface area contributed by atoms with E-state index in [1.165, 1.54) is 12.1 Å². The molecule has 0 unspecified atom stereocenters. The summed E-state index contributed by atoms with van der Waals surface area (Å²) in [5, 5.41) is 11.0. The number of halogens is 3. The molecule has 1 aromatic heterocycles. The van der Waals surface area contributed by atoms with Gasteiger partial charge in [-0.3, -0.25) is 4.99 Å². The normalized spacial score (nSPS) is 11.1. The van der Waals surface area contributed by atoms with Crippen LogP contribution in [0.25, 0.3) is 11.4 Å². The van der Waals surface area contributed by atoms with Crippen molar-refractivity contribution in [1.29, 1.82) is 0 Å². The molecule has 0 aliphatic rings. The first-order chi connectivity index (χ1) is 13.6. The Labute approximate surface area is 191 Å². The molecule has 0 bridgehead atoms. The number of nitrogens with one attached hydrogen (secondary N) is 2. The third-order valence-corrected chi connectivity index (χ3v) is 4.27. The molecule has 2 aromatic carbocycles. The molecule has 6 nitrogen and oxygen atoms in total. The quantitative estimate of drug-likeness (QED) is 0.274. The van der Waals surface area contributed by atoms with E-state index in [-0.39, 0.29) is 29.8 Å². The van der Waals surface area contributed by atoms with Crippen molar-refractivity contribution < 1.29 is 8.91 Å². The summed E-state index contributed by atoms with van der Waals surface area (Å²) in [6.07, 6.45) is 1.26. The number of nitrogens with zero attached hydrogens (tertiary/aromatic N) is 3. The average molecular weight is 530 g/mol. The maximum Gasteiger partial charge on any atom is 0.228 e. The van der Waals surface area contributed by atoms with Gasteiger partial charge in [-0.15, -0.1) is 24.0 Å². The third-order valence-electron chi connectivity index (χ3n) is 4.02. The van der Waals surface area contributed by atoms with E-state index < -0.39 is 0 Å². The van der Waals surface area contributed by atoms with Crippen molar-refractivity contribution in [3.63, 3.8) is 0 Å². The average Bonchev–Trinajstić information content (AvgIpc) is 3.16. The molecule has 0 atom stereocenters. The van der Waals surface area contributed by atoms with E-state index in [1.54, 1.807) is 25.2 Å². The number of hydrogen-bond donors (Lipinski definition) is 2. The van der Waals surface area contributed by atoms with Crippen molar-refractivity contribution in [2.24, 2.45) is 4.99 Å². The lowest BCUT2D eigenvalue weighted by atomic mass is 10.1. The fraction of sp³-hybridized carbons (Fsp3) is 0.250. The van der Waals surface area contributed by atoms with Gasteiger partial charge in [0, 0.05) is 37.1 Å². The number of aromatic nitrogens is 2. The number of benzene rings is 2. The summed E-state index contributed by atoms with van der Waals surface area (Å²) in [4.78, 5) is 8.56. The molecule has 9 heteroatoms. The number of guanidine groups is 1. The minimum Gasteiger partial charge on any atom is -0.356 e. The fourth-order valence-corrected chi connectivity index (χ4v) is 2.72. The maximum absolute atomic E-state index is 13.2. The van der Waals surface area contributed by atoms with Crippen molar-refractivity contribution in [1.82, 2.24) is 20.8 Å². The summed E-state index contributed by atoms with van der Waals surface area (Å²) in [7, 11) is 1.70. The van der Waals surface area contributed by atoms with E-state index >= 15 is 0 Å². The Balaban J connectivity index is 0.00000300. The molecule has 29 heavy (non-hydrogen) atoms. The van der Waals surface area contributed by atoms with Crippen LogP contribution < -0.4 is 10.6 Å². The highest BCUT2D eigenvalue weighted by atomic mass is 127. The van der Waals surface area contributed by atoms with Crippen molar-refractivity contribution in [3.8, 4) is 11.4 Å². The van der Waals surface area contributed by atoms with E-state index in [0.717, 1.165) is 11.1 Å². The lowest BCUT2D eigenvalue weighted by molar-refractivity contribution is 0.378. The molecule has 1 heterocycles. The van der Waals surface area contributed by atoms with Gasteiger partial charge >= 0.3 is 0 Å². The molecule has 0 amide bonds. The van der Waals surface area contributed by atoms with Crippen LogP contribution in [0.15, 0.2) is 58.0 Å². The molecule has 0 spiro atoms. The van der Waals surface area contributed by atoms with Crippen LogP contribution >= 0.6 is 35.6 Å². The first kappa shape index (κ1) is 23.1. The van der Waals surface area contributed by atoms with Gasteiger partial charge in [-0.05, 0) is 48.4 Å². The molecule has 0 fully saturated rings. The van der Waals surface area contributed by atoms with Gasteiger partial charge in [-0.2, -0.15) is 4.98 Å². The van der Waals surface area contributed by atoms with E-state index in [1.807, 2.05) is 18.2 Å². The summed E-state index contributed by atoms with van der Waals surface area (Å²) in [5.74, 6) is 1.50. The van der Waals surface area contributed by atoms with Crippen LogP contribution in [-0.4, -0.2) is 36.2 Å². The molecule has 0 radical (unpaired) electrons. The first-order valence-electron chi connectivity index (χ1n) is 8.91. The highest BCUT2D eigenvalue weighted by molar-refractivity contribution is 14.0. The summed E-state index contributed by atoms with van der Waals surface area (Å²) in [6, 6.07) is 13.8. The van der Waals surface area contributed by atoms with Gasteiger partial charge in [-0.25, -0.2) is 4.39 Å². The second-order valence-corrected chi connectivity index (χ2v) is 6.51. The molecule has 3 rings (SSSR count). The predicted molar refractivity (Wildman–Crippen MR) is 123 cm³/mol. The van der Waals surface area contributed by atoms with Crippen molar-refractivity contribution in [2.75, 3.05) is 20.1 Å². The van der Waals surface area contributed by atoms with Gasteiger partial charge in [0.25, 0.3) is 0 Å². The van der Waals surface area contributed by atoms with Crippen LogP contribution in [0.1, 0.15) is 11.5 Å². The maximum atomic E-state index is 13.2. The summed E-state index contributed by atoms with van der Waals surface area (Å²) in [5.41, 5.74) is 1.78. The molecule has 0 saturated carbocycles. The zero-order valence-electron chi connectivity index (χ0n) is 15.9. The zero-order chi connectivity index (χ0) is 19.8. The van der Waals surface area contributed by atoms with Crippen molar-refractivity contribution in [2.45, 2.75) is 12.8 Å². The lowest BCUT2D eigenvalue weighted by Gasteiger charge is -2.11. The van der Waals surface area contributed by atoms with Gasteiger partial charge in [0.15, 0.2) is 5.96 Å². The number of rotatable bonds is 7. The largest absolute Gasteiger partial charge is 0.356 e. The summed E-state index contributed by atoms with van der Waals surface area (Å²) in [6.45, 7) is 1.23. The minimum absolute atomic E-state index is 0. The fourth-order valence-electron chi connectivity index (χ4n) is 2.60. The SMILES string of the molecule is CN=C(NCCc1cccc(F)c1)NCCc1nc(-c2ccc(Cl)cc2)no1.I. The third kappa shape index (κ3) is 7.28. The Morgan fingerprint density at radius 2 is 1.83 bits per heavy atom. The molecule has 0 aliphatic carbocycles. The number of aliphatic imine (C=N–C) groups is 1. The molecule has 0 aliphatic heterocycles. The first-order valence-corrected chi connectivity index (χ1v) is 9.29. The molecule has 154 valence electrons. The smallest absolute Gasteiger partial charge is 0.228 e. The van der Waals surface area contributed by atoms with E-state index in [2.05, 4.69) is 25.8 Å². The van der Waals surface area contributed by atoms with Gasteiger partial charge in [-0.1, -0.05) is 28.9 Å².